The Morgan fingerprint density at radius 2 is 2.21 bits per heavy atom. The van der Waals surface area contributed by atoms with E-state index in [1.807, 2.05) is 12.1 Å². The monoisotopic (exact) mass is 188 g/mol. The van der Waals surface area contributed by atoms with Crippen LogP contribution in [0.15, 0.2) is 24.4 Å². The molecule has 1 nitrogen and oxygen atoms in total. The Morgan fingerprint density at radius 1 is 1.50 bits per heavy atom. The molecule has 0 amide bonds. The first-order valence-corrected chi connectivity index (χ1v) is 4.76. The second kappa shape index (κ2) is 4.69. The minimum absolute atomic E-state index is 0.892. The quantitative estimate of drug-likeness (QED) is 0.661. The van der Waals surface area contributed by atoms with Gasteiger partial charge < -0.3 is 4.74 Å². The normalized spacial score (nSPS) is 9.36. The van der Waals surface area contributed by atoms with Gasteiger partial charge in [0, 0.05) is 5.56 Å². The molecule has 0 fully saturated rings. The number of benzene rings is 1. The number of aryl methyl sites for hydroxylation is 1. The Kier molecular flexibility index (Phi) is 3.55. The average Bonchev–Trinajstić information content (AvgIpc) is 2.19. The van der Waals surface area contributed by atoms with Gasteiger partial charge >= 0.3 is 0 Å². The summed E-state index contributed by atoms with van der Waals surface area (Å²) < 4.78 is 5.30. The van der Waals surface area contributed by atoms with Crippen LogP contribution in [-0.2, 0) is 6.42 Å². The van der Waals surface area contributed by atoms with Gasteiger partial charge in [0.1, 0.15) is 5.75 Å². The van der Waals surface area contributed by atoms with Gasteiger partial charge in [-0.2, -0.15) is 0 Å². The van der Waals surface area contributed by atoms with Gasteiger partial charge in [0.25, 0.3) is 0 Å². The molecule has 1 aromatic rings. The molecule has 0 unspecified atom stereocenters. The van der Waals surface area contributed by atoms with Crippen molar-refractivity contribution in [3.63, 3.8) is 0 Å². The van der Waals surface area contributed by atoms with E-state index in [0.29, 0.717) is 0 Å². The number of rotatable bonds is 3. The number of hydrogen-bond acceptors (Lipinski definition) is 1. The summed E-state index contributed by atoms with van der Waals surface area (Å²) in [5.74, 6) is 0.892. The largest absolute Gasteiger partial charge is 0.496 e. The Balaban J connectivity index is 3.43. The van der Waals surface area contributed by atoms with Gasteiger partial charge in [-0.15, -0.1) is 5.73 Å². The van der Waals surface area contributed by atoms with E-state index in [4.69, 9.17) is 4.74 Å². The van der Waals surface area contributed by atoms with E-state index in [1.165, 1.54) is 11.1 Å². The summed E-state index contributed by atoms with van der Waals surface area (Å²) in [7, 11) is 1.69. The summed E-state index contributed by atoms with van der Waals surface area (Å²) in [6, 6.07) is 4.07. The number of methoxy groups -OCH3 is 1. The average molecular weight is 188 g/mol. The van der Waals surface area contributed by atoms with Crippen LogP contribution in [0, 0.1) is 6.92 Å². The first-order valence-electron chi connectivity index (χ1n) is 4.76. The predicted octanol–water partition coefficient (Wildman–Crippen LogP) is 3.36. The number of hydrogen-bond donors (Lipinski definition) is 0. The molecule has 0 aliphatic carbocycles. The van der Waals surface area contributed by atoms with E-state index in [2.05, 4.69) is 32.2 Å². The van der Waals surface area contributed by atoms with Crippen LogP contribution in [0.1, 0.15) is 23.6 Å². The van der Waals surface area contributed by atoms with Crippen LogP contribution < -0.4 is 4.74 Å². The second-order valence-electron chi connectivity index (χ2n) is 3.18. The first kappa shape index (κ1) is 10.6. The molecule has 0 spiro atoms. The molecule has 0 aliphatic heterocycles. The fraction of sp³-hybridized carbons (Fsp3) is 0.308. The molecule has 0 saturated heterocycles. The molecule has 0 aromatic heterocycles. The van der Waals surface area contributed by atoms with Crippen LogP contribution in [0.2, 0.25) is 0 Å². The van der Waals surface area contributed by atoms with Gasteiger partial charge in [-0.3, -0.25) is 0 Å². The van der Waals surface area contributed by atoms with Crippen molar-refractivity contribution in [1.29, 1.82) is 0 Å². The lowest BCUT2D eigenvalue weighted by molar-refractivity contribution is 0.413. The van der Waals surface area contributed by atoms with Crippen LogP contribution in [-0.4, -0.2) is 7.11 Å². The van der Waals surface area contributed by atoms with Gasteiger partial charge in [-0.05, 0) is 36.6 Å². The maximum absolute atomic E-state index is 5.30. The molecule has 0 aliphatic rings. The lowest BCUT2D eigenvalue weighted by Gasteiger charge is -2.11. The minimum atomic E-state index is 0.892. The summed E-state index contributed by atoms with van der Waals surface area (Å²) >= 11 is 0. The Bertz CT molecular complexity index is 371. The molecule has 1 aromatic carbocycles. The fourth-order valence-corrected chi connectivity index (χ4v) is 1.66. The van der Waals surface area contributed by atoms with Crippen molar-refractivity contribution >= 4 is 6.08 Å². The zero-order valence-electron chi connectivity index (χ0n) is 9.05. The highest BCUT2D eigenvalue weighted by atomic mass is 16.5. The Labute approximate surface area is 85.7 Å². The van der Waals surface area contributed by atoms with E-state index in [9.17, 15) is 0 Å². The molecule has 0 saturated carbocycles. The van der Waals surface area contributed by atoms with Gasteiger partial charge in [-0.25, -0.2) is 0 Å². The second-order valence-corrected chi connectivity index (χ2v) is 3.18. The molecular formula is C13H16O. The first-order chi connectivity index (χ1) is 6.74. The highest BCUT2D eigenvalue weighted by Crippen LogP contribution is 2.26. The van der Waals surface area contributed by atoms with Crippen LogP contribution in [0.3, 0.4) is 0 Å². The van der Waals surface area contributed by atoms with Crippen molar-refractivity contribution in [2.24, 2.45) is 0 Å². The van der Waals surface area contributed by atoms with Gasteiger partial charge in [0.15, 0.2) is 0 Å². The molecule has 0 atom stereocenters. The standard InChI is InChI=1S/C13H16O/c1-5-7-12-11(6-2)10(3)8-9-13(12)14-4/h7-9H,1,6H2,2-4H3. The maximum Gasteiger partial charge on any atom is 0.126 e. The molecule has 0 bridgehead atoms. The molecule has 14 heavy (non-hydrogen) atoms. The molecule has 0 N–H and O–H groups in total. The van der Waals surface area contributed by atoms with Crippen LogP contribution >= 0.6 is 0 Å². The lowest BCUT2D eigenvalue weighted by atomic mass is 9.98. The number of ether oxygens (including phenoxy) is 1. The van der Waals surface area contributed by atoms with E-state index in [-0.39, 0.29) is 0 Å². The van der Waals surface area contributed by atoms with Crippen molar-refractivity contribution in [3.8, 4) is 5.75 Å². The van der Waals surface area contributed by atoms with Crippen molar-refractivity contribution in [1.82, 2.24) is 0 Å². The zero-order valence-corrected chi connectivity index (χ0v) is 9.05. The van der Waals surface area contributed by atoms with Crippen LogP contribution in [0.25, 0.3) is 6.08 Å². The van der Waals surface area contributed by atoms with E-state index < -0.39 is 0 Å². The third kappa shape index (κ3) is 1.89. The van der Waals surface area contributed by atoms with Crippen molar-refractivity contribution in [3.05, 3.63) is 41.1 Å². The summed E-state index contributed by atoms with van der Waals surface area (Å²) in [6.45, 7) is 7.85. The zero-order chi connectivity index (χ0) is 10.6. The molecule has 0 radical (unpaired) electrons. The summed E-state index contributed by atoms with van der Waals surface area (Å²) in [6.07, 6.45) is 2.88. The van der Waals surface area contributed by atoms with Crippen molar-refractivity contribution < 1.29 is 4.74 Å². The third-order valence-electron chi connectivity index (χ3n) is 2.37. The molecule has 74 valence electrons. The van der Waals surface area contributed by atoms with Gasteiger partial charge in [0.2, 0.25) is 0 Å². The molecular weight excluding hydrogens is 172 g/mol. The smallest absolute Gasteiger partial charge is 0.126 e. The van der Waals surface area contributed by atoms with Gasteiger partial charge in [0.05, 0.1) is 7.11 Å². The van der Waals surface area contributed by atoms with Crippen molar-refractivity contribution in [2.75, 3.05) is 7.11 Å². The van der Waals surface area contributed by atoms with Crippen LogP contribution in [0.4, 0.5) is 0 Å². The lowest BCUT2D eigenvalue weighted by Crippen LogP contribution is -1.95. The van der Waals surface area contributed by atoms with Crippen LogP contribution in [0.5, 0.6) is 5.75 Å². The summed E-state index contributed by atoms with van der Waals surface area (Å²) in [5.41, 5.74) is 6.50. The molecule has 1 heteroatoms. The minimum Gasteiger partial charge on any atom is -0.496 e. The SMILES string of the molecule is C=C=Cc1c(OC)ccc(C)c1CC. The van der Waals surface area contributed by atoms with E-state index in [0.717, 1.165) is 17.7 Å². The van der Waals surface area contributed by atoms with E-state index >= 15 is 0 Å². The summed E-state index contributed by atoms with van der Waals surface area (Å²) in [5, 5.41) is 0. The Hall–Kier alpha value is -1.46. The Morgan fingerprint density at radius 3 is 2.71 bits per heavy atom. The molecule has 0 heterocycles. The molecule has 1 rings (SSSR count). The third-order valence-corrected chi connectivity index (χ3v) is 2.37. The highest BCUT2D eigenvalue weighted by molar-refractivity contribution is 5.62. The highest BCUT2D eigenvalue weighted by Gasteiger charge is 2.07. The maximum atomic E-state index is 5.30. The predicted molar refractivity (Wildman–Crippen MR) is 60.7 cm³/mol. The van der Waals surface area contributed by atoms with E-state index in [1.54, 1.807) is 7.11 Å². The summed E-state index contributed by atoms with van der Waals surface area (Å²) in [4.78, 5) is 0. The topological polar surface area (TPSA) is 9.23 Å². The fourth-order valence-electron chi connectivity index (χ4n) is 1.66. The van der Waals surface area contributed by atoms with Gasteiger partial charge in [-0.1, -0.05) is 19.6 Å². The van der Waals surface area contributed by atoms with Crippen molar-refractivity contribution in [2.45, 2.75) is 20.3 Å².